The van der Waals surface area contributed by atoms with E-state index in [1.807, 2.05) is 39.0 Å². The van der Waals surface area contributed by atoms with Crippen molar-refractivity contribution in [2.45, 2.75) is 39.2 Å². The van der Waals surface area contributed by atoms with Crippen molar-refractivity contribution in [3.8, 4) is 0 Å². The van der Waals surface area contributed by atoms with Crippen molar-refractivity contribution in [1.29, 1.82) is 0 Å². The average molecular weight is 331 g/mol. The van der Waals surface area contributed by atoms with E-state index in [0.717, 1.165) is 18.4 Å². The molecule has 0 atom stereocenters. The summed E-state index contributed by atoms with van der Waals surface area (Å²) in [5.74, 6) is -0.338. The summed E-state index contributed by atoms with van der Waals surface area (Å²) in [7, 11) is 1.37. The Kier molecular flexibility index (Phi) is 5.65. The topological polar surface area (TPSA) is 55.8 Å². The van der Waals surface area contributed by atoms with Gasteiger partial charge in [-0.25, -0.2) is 9.59 Å². The molecule has 5 heteroatoms. The van der Waals surface area contributed by atoms with Crippen molar-refractivity contribution >= 4 is 18.1 Å². The van der Waals surface area contributed by atoms with Crippen LogP contribution in [0.4, 0.5) is 4.79 Å². The molecule has 1 heterocycles. The highest BCUT2D eigenvalue weighted by molar-refractivity contribution is 5.90. The third kappa shape index (κ3) is 5.11. The number of amides is 1. The van der Waals surface area contributed by atoms with Gasteiger partial charge in [-0.15, -0.1) is 0 Å². The zero-order valence-corrected chi connectivity index (χ0v) is 14.8. The molecule has 1 fully saturated rings. The van der Waals surface area contributed by atoms with E-state index >= 15 is 0 Å². The van der Waals surface area contributed by atoms with Gasteiger partial charge >= 0.3 is 12.1 Å². The Hall–Kier alpha value is -2.30. The molecule has 0 N–H and O–H groups in total. The number of piperidine rings is 1. The maximum atomic E-state index is 12.1. The van der Waals surface area contributed by atoms with Gasteiger partial charge in [-0.1, -0.05) is 23.8 Å². The molecule has 1 aliphatic rings. The Balaban J connectivity index is 1.98. The lowest BCUT2D eigenvalue weighted by atomic mass is 10.0. The fourth-order valence-electron chi connectivity index (χ4n) is 2.56. The highest BCUT2D eigenvalue weighted by Crippen LogP contribution is 2.21. The van der Waals surface area contributed by atoms with Crippen LogP contribution in [0.25, 0.3) is 6.08 Å². The molecule has 1 aliphatic heterocycles. The molecule has 130 valence electrons. The number of likely N-dealkylation sites (tertiary alicyclic amines) is 1. The molecular weight excluding hydrogens is 306 g/mol. The Morgan fingerprint density at radius 3 is 2.42 bits per heavy atom. The van der Waals surface area contributed by atoms with Gasteiger partial charge in [0.25, 0.3) is 0 Å². The summed E-state index contributed by atoms with van der Waals surface area (Å²) in [6, 6.07) is 7.35. The number of ether oxygens (including phenoxy) is 2. The number of carbonyl (C=O) groups is 2. The lowest BCUT2D eigenvalue weighted by Crippen LogP contribution is -2.40. The second-order valence-corrected chi connectivity index (χ2v) is 6.89. The van der Waals surface area contributed by atoms with E-state index in [1.165, 1.54) is 12.7 Å². The summed E-state index contributed by atoms with van der Waals surface area (Å²) in [5, 5.41) is 0. The molecule has 1 aromatic rings. The van der Waals surface area contributed by atoms with Gasteiger partial charge in [-0.2, -0.15) is 0 Å². The van der Waals surface area contributed by atoms with E-state index in [9.17, 15) is 9.59 Å². The molecule has 2 rings (SSSR count). The fraction of sp³-hybridized carbons (Fsp3) is 0.474. The first-order valence-corrected chi connectivity index (χ1v) is 8.14. The Morgan fingerprint density at radius 2 is 1.83 bits per heavy atom. The van der Waals surface area contributed by atoms with E-state index < -0.39 is 5.60 Å². The van der Waals surface area contributed by atoms with Crippen molar-refractivity contribution < 1.29 is 19.1 Å². The van der Waals surface area contributed by atoms with Crippen LogP contribution in [0.2, 0.25) is 0 Å². The molecule has 0 aliphatic carbocycles. The average Bonchev–Trinajstić information content (AvgIpc) is 2.53. The number of methoxy groups -OCH3 is 1. The zero-order valence-electron chi connectivity index (χ0n) is 14.8. The Bertz CT molecular complexity index is 633. The van der Waals surface area contributed by atoms with Crippen LogP contribution in [0.3, 0.4) is 0 Å². The summed E-state index contributed by atoms with van der Waals surface area (Å²) in [6.07, 6.45) is 3.44. The SMILES string of the molecule is COC(=O)c1cccc(C=C2CCN(C(=O)OC(C)(C)C)CC2)c1. The van der Waals surface area contributed by atoms with E-state index in [-0.39, 0.29) is 12.1 Å². The van der Waals surface area contributed by atoms with Gasteiger partial charge in [0.2, 0.25) is 0 Å². The summed E-state index contributed by atoms with van der Waals surface area (Å²) < 4.78 is 10.1. The summed E-state index contributed by atoms with van der Waals surface area (Å²) in [6.45, 7) is 6.91. The quantitative estimate of drug-likeness (QED) is 0.772. The van der Waals surface area contributed by atoms with Gasteiger partial charge in [0.1, 0.15) is 5.60 Å². The van der Waals surface area contributed by atoms with E-state index in [0.29, 0.717) is 18.7 Å². The van der Waals surface area contributed by atoms with Crippen molar-refractivity contribution in [3.05, 3.63) is 41.0 Å². The van der Waals surface area contributed by atoms with E-state index in [2.05, 4.69) is 6.08 Å². The number of esters is 1. The minimum absolute atomic E-state index is 0.255. The second-order valence-electron chi connectivity index (χ2n) is 6.89. The molecular formula is C19H25NO4. The van der Waals surface area contributed by atoms with Gasteiger partial charge in [-0.05, 0) is 51.3 Å². The van der Waals surface area contributed by atoms with Gasteiger partial charge in [0, 0.05) is 13.1 Å². The van der Waals surface area contributed by atoms with E-state index in [1.54, 1.807) is 11.0 Å². The van der Waals surface area contributed by atoms with E-state index in [4.69, 9.17) is 9.47 Å². The summed E-state index contributed by atoms with van der Waals surface area (Å²) >= 11 is 0. The van der Waals surface area contributed by atoms with Crippen LogP contribution in [0.15, 0.2) is 29.8 Å². The number of rotatable bonds is 2. The number of nitrogens with zero attached hydrogens (tertiary/aromatic N) is 1. The van der Waals surface area contributed by atoms with Gasteiger partial charge in [0.05, 0.1) is 12.7 Å². The van der Waals surface area contributed by atoms with Crippen molar-refractivity contribution in [2.24, 2.45) is 0 Å². The molecule has 0 aromatic heterocycles. The monoisotopic (exact) mass is 331 g/mol. The lowest BCUT2D eigenvalue weighted by molar-refractivity contribution is 0.0236. The number of carbonyl (C=O) groups excluding carboxylic acids is 2. The van der Waals surface area contributed by atoms with Gasteiger partial charge in [0.15, 0.2) is 0 Å². The normalized spacial score (nSPS) is 15.0. The number of benzene rings is 1. The van der Waals surface area contributed by atoms with Crippen LogP contribution in [0, 0.1) is 0 Å². The van der Waals surface area contributed by atoms with Crippen LogP contribution < -0.4 is 0 Å². The van der Waals surface area contributed by atoms with Crippen LogP contribution >= 0.6 is 0 Å². The summed E-state index contributed by atoms with van der Waals surface area (Å²) in [4.78, 5) is 25.4. The molecule has 0 spiro atoms. The fourth-order valence-corrected chi connectivity index (χ4v) is 2.56. The molecule has 0 bridgehead atoms. The molecule has 0 unspecified atom stereocenters. The standard InChI is InChI=1S/C19H25NO4/c1-19(2,3)24-18(22)20-10-8-14(9-11-20)12-15-6-5-7-16(13-15)17(21)23-4/h5-7,12-13H,8-11H2,1-4H3. The van der Waals surface area contributed by atoms with Crippen LogP contribution in [0.1, 0.15) is 49.5 Å². The highest BCUT2D eigenvalue weighted by Gasteiger charge is 2.24. The smallest absolute Gasteiger partial charge is 0.410 e. The predicted molar refractivity (Wildman–Crippen MR) is 92.8 cm³/mol. The third-order valence-electron chi connectivity index (χ3n) is 3.74. The minimum atomic E-state index is -0.471. The first-order chi connectivity index (χ1) is 11.3. The van der Waals surface area contributed by atoms with Gasteiger partial charge in [-0.3, -0.25) is 0 Å². The highest BCUT2D eigenvalue weighted by atomic mass is 16.6. The molecule has 0 radical (unpaired) electrons. The van der Waals surface area contributed by atoms with Crippen LogP contribution in [-0.4, -0.2) is 42.8 Å². The molecule has 1 saturated heterocycles. The first-order valence-electron chi connectivity index (χ1n) is 8.14. The van der Waals surface area contributed by atoms with Crippen LogP contribution in [0.5, 0.6) is 0 Å². The maximum absolute atomic E-state index is 12.1. The largest absolute Gasteiger partial charge is 0.465 e. The van der Waals surface area contributed by atoms with Gasteiger partial charge < -0.3 is 14.4 Å². The molecule has 5 nitrogen and oxygen atoms in total. The van der Waals surface area contributed by atoms with Crippen molar-refractivity contribution in [1.82, 2.24) is 4.90 Å². The van der Waals surface area contributed by atoms with Crippen LogP contribution in [-0.2, 0) is 9.47 Å². The third-order valence-corrected chi connectivity index (χ3v) is 3.74. The number of hydrogen-bond acceptors (Lipinski definition) is 4. The predicted octanol–water partition coefficient (Wildman–Crippen LogP) is 3.89. The first kappa shape index (κ1) is 18.0. The number of hydrogen-bond donors (Lipinski definition) is 0. The molecule has 0 saturated carbocycles. The Labute approximate surface area is 143 Å². The maximum Gasteiger partial charge on any atom is 0.410 e. The minimum Gasteiger partial charge on any atom is -0.465 e. The Morgan fingerprint density at radius 1 is 1.17 bits per heavy atom. The second kappa shape index (κ2) is 7.51. The molecule has 1 amide bonds. The zero-order chi connectivity index (χ0) is 17.7. The molecule has 24 heavy (non-hydrogen) atoms. The van der Waals surface area contributed by atoms with Crippen molar-refractivity contribution in [3.63, 3.8) is 0 Å². The summed E-state index contributed by atoms with van der Waals surface area (Å²) in [5.41, 5.74) is 2.30. The molecule has 1 aromatic carbocycles. The van der Waals surface area contributed by atoms with Crippen molar-refractivity contribution in [2.75, 3.05) is 20.2 Å². The lowest BCUT2D eigenvalue weighted by Gasteiger charge is -2.31.